The maximum atomic E-state index is 4.50. The molecule has 1 fully saturated rings. The van der Waals surface area contributed by atoms with Gasteiger partial charge in [-0.1, -0.05) is 6.92 Å². The van der Waals surface area contributed by atoms with Crippen molar-refractivity contribution in [3.05, 3.63) is 0 Å². The second-order valence-electron chi connectivity index (χ2n) is 5.01. The normalized spacial score (nSPS) is 25.7. The number of piperazine rings is 1. The Labute approximate surface area is 118 Å². The first-order valence-electron chi connectivity index (χ1n) is 6.55. The molecule has 0 saturated carbocycles. The first-order chi connectivity index (χ1) is 8.63. The molecule has 102 valence electrons. The molecule has 0 N–H and O–H groups in total. The molecule has 2 rings (SSSR count). The van der Waals surface area contributed by atoms with E-state index in [-0.39, 0.29) is 0 Å². The van der Waals surface area contributed by atoms with Crippen LogP contribution in [0.3, 0.4) is 0 Å². The van der Waals surface area contributed by atoms with Crippen molar-refractivity contribution in [2.45, 2.75) is 44.3 Å². The van der Waals surface area contributed by atoms with Crippen LogP contribution in [-0.2, 0) is 0 Å². The summed E-state index contributed by atoms with van der Waals surface area (Å²) in [5.41, 5.74) is 0. The summed E-state index contributed by atoms with van der Waals surface area (Å²) in [5, 5.41) is 1.12. The molecule has 0 aliphatic carbocycles. The second kappa shape index (κ2) is 6.21. The molecular formula is C12H22N4S2. The largest absolute Gasteiger partial charge is 0.350 e. The van der Waals surface area contributed by atoms with Gasteiger partial charge in [-0.15, -0.1) is 11.8 Å². The fourth-order valence-corrected chi connectivity index (χ4v) is 3.78. The van der Waals surface area contributed by atoms with E-state index in [1.54, 1.807) is 0 Å². The Hall–Kier alpha value is -0.330. The molecule has 1 saturated heterocycles. The van der Waals surface area contributed by atoms with Crippen LogP contribution in [-0.4, -0.2) is 51.6 Å². The topological polar surface area (TPSA) is 32.3 Å². The van der Waals surface area contributed by atoms with Crippen LogP contribution in [0.1, 0.15) is 27.2 Å². The zero-order valence-electron chi connectivity index (χ0n) is 11.6. The summed E-state index contributed by atoms with van der Waals surface area (Å²) >= 11 is 3.17. The maximum absolute atomic E-state index is 4.50. The molecule has 2 unspecified atom stereocenters. The smallest absolute Gasteiger partial charge is 0.176 e. The predicted octanol–water partition coefficient (Wildman–Crippen LogP) is 2.57. The van der Waals surface area contributed by atoms with Crippen LogP contribution in [0.4, 0.5) is 5.82 Å². The van der Waals surface area contributed by atoms with Crippen molar-refractivity contribution in [1.82, 2.24) is 13.6 Å². The third-order valence-electron chi connectivity index (χ3n) is 3.54. The van der Waals surface area contributed by atoms with Gasteiger partial charge in [-0.3, -0.25) is 4.90 Å². The van der Waals surface area contributed by atoms with E-state index in [0.29, 0.717) is 12.1 Å². The summed E-state index contributed by atoms with van der Waals surface area (Å²) in [6.45, 7) is 8.85. The highest BCUT2D eigenvalue weighted by atomic mass is 32.2. The van der Waals surface area contributed by atoms with Crippen LogP contribution in [0.25, 0.3) is 0 Å². The zero-order valence-corrected chi connectivity index (χ0v) is 13.2. The van der Waals surface area contributed by atoms with Crippen molar-refractivity contribution in [2.75, 3.05) is 30.8 Å². The fourth-order valence-electron chi connectivity index (χ4n) is 2.24. The molecule has 0 radical (unpaired) electrons. The van der Waals surface area contributed by atoms with E-state index < -0.39 is 0 Å². The summed E-state index contributed by atoms with van der Waals surface area (Å²) in [7, 11) is 2.21. The van der Waals surface area contributed by atoms with Gasteiger partial charge in [0.2, 0.25) is 0 Å². The van der Waals surface area contributed by atoms with Crippen LogP contribution < -0.4 is 4.90 Å². The number of hydrogen-bond donors (Lipinski definition) is 0. The van der Waals surface area contributed by atoms with Crippen molar-refractivity contribution < 1.29 is 0 Å². The van der Waals surface area contributed by atoms with Crippen molar-refractivity contribution in [3.8, 4) is 0 Å². The summed E-state index contributed by atoms with van der Waals surface area (Å²) in [4.78, 5) is 4.84. The lowest BCUT2D eigenvalue weighted by molar-refractivity contribution is 0.169. The molecule has 6 heteroatoms. The first-order valence-corrected chi connectivity index (χ1v) is 8.27. The van der Waals surface area contributed by atoms with Crippen molar-refractivity contribution in [1.29, 1.82) is 0 Å². The molecule has 1 aliphatic heterocycles. The Kier molecular flexibility index (Phi) is 4.86. The summed E-state index contributed by atoms with van der Waals surface area (Å²) in [6.07, 6.45) is 1.18. The van der Waals surface area contributed by atoms with E-state index in [9.17, 15) is 0 Å². The summed E-state index contributed by atoms with van der Waals surface area (Å²) in [5.74, 6) is 2.22. The Morgan fingerprint density at radius 3 is 2.56 bits per heavy atom. The lowest BCUT2D eigenvalue weighted by Crippen LogP contribution is -2.55. The number of nitrogens with zero attached hydrogens (tertiary/aromatic N) is 4. The molecule has 4 nitrogen and oxygen atoms in total. The maximum Gasteiger partial charge on any atom is 0.176 e. The highest BCUT2D eigenvalue weighted by Crippen LogP contribution is 2.30. The Balaban J connectivity index is 2.09. The predicted molar refractivity (Wildman–Crippen MR) is 79.8 cm³/mol. The first kappa shape index (κ1) is 14.1. The van der Waals surface area contributed by atoms with Gasteiger partial charge in [0.1, 0.15) is 0 Å². The van der Waals surface area contributed by atoms with Gasteiger partial charge in [-0.05, 0) is 33.1 Å². The van der Waals surface area contributed by atoms with E-state index in [4.69, 9.17) is 0 Å². The molecule has 1 aromatic rings. The lowest BCUT2D eigenvalue weighted by atomic mass is 10.1. The number of aromatic nitrogens is 2. The number of likely N-dealkylation sites (N-methyl/N-ethyl adjacent to an activating group) is 1. The van der Waals surface area contributed by atoms with Gasteiger partial charge < -0.3 is 4.90 Å². The van der Waals surface area contributed by atoms with Gasteiger partial charge in [0.05, 0.1) is 11.7 Å². The van der Waals surface area contributed by atoms with E-state index in [2.05, 4.69) is 46.4 Å². The summed E-state index contributed by atoms with van der Waals surface area (Å²) < 4.78 is 8.94. The monoisotopic (exact) mass is 286 g/mol. The van der Waals surface area contributed by atoms with Gasteiger partial charge in [0.25, 0.3) is 0 Å². The minimum atomic E-state index is 0.569. The van der Waals surface area contributed by atoms with Crippen molar-refractivity contribution >= 4 is 29.3 Å². The number of hydrogen-bond acceptors (Lipinski definition) is 6. The molecule has 0 spiro atoms. The van der Waals surface area contributed by atoms with Gasteiger partial charge in [-0.25, -0.2) is 0 Å². The minimum Gasteiger partial charge on any atom is -0.350 e. The average Bonchev–Trinajstić information content (AvgIpc) is 2.81. The van der Waals surface area contributed by atoms with Crippen LogP contribution in [0.15, 0.2) is 5.03 Å². The number of rotatable bonds is 4. The molecule has 0 bridgehead atoms. The van der Waals surface area contributed by atoms with Crippen LogP contribution in [0.2, 0.25) is 0 Å². The number of anilines is 1. The van der Waals surface area contributed by atoms with E-state index in [1.807, 2.05) is 11.8 Å². The average molecular weight is 286 g/mol. The summed E-state index contributed by atoms with van der Waals surface area (Å²) in [6, 6.07) is 1.14. The molecule has 0 aromatic carbocycles. The lowest BCUT2D eigenvalue weighted by Gasteiger charge is -2.42. The van der Waals surface area contributed by atoms with Crippen LogP contribution in [0, 0.1) is 0 Å². The molecule has 0 amide bonds. The van der Waals surface area contributed by atoms with Gasteiger partial charge in [0, 0.05) is 25.2 Å². The molecule has 1 aromatic heterocycles. The SMILES string of the molecule is CCCSc1nsnc1N1CC(C)N(C)C(C)C1. The zero-order chi connectivity index (χ0) is 13.1. The highest BCUT2D eigenvalue weighted by Gasteiger charge is 2.29. The van der Waals surface area contributed by atoms with Crippen molar-refractivity contribution in [2.24, 2.45) is 0 Å². The number of thioether (sulfide) groups is 1. The Morgan fingerprint density at radius 1 is 1.28 bits per heavy atom. The van der Waals surface area contributed by atoms with E-state index in [0.717, 1.165) is 29.7 Å². The third-order valence-corrected chi connectivity index (χ3v) is 5.34. The fraction of sp³-hybridized carbons (Fsp3) is 0.833. The second-order valence-corrected chi connectivity index (χ2v) is 6.62. The molecule has 2 atom stereocenters. The van der Waals surface area contributed by atoms with Crippen molar-refractivity contribution in [3.63, 3.8) is 0 Å². The van der Waals surface area contributed by atoms with Gasteiger partial charge in [0.15, 0.2) is 10.8 Å². The van der Waals surface area contributed by atoms with Gasteiger partial charge >= 0.3 is 0 Å². The Bertz CT molecular complexity index is 370. The minimum absolute atomic E-state index is 0.569. The Morgan fingerprint density at radius 2 is 1.94 bits per heavy atom. The van der Waals surface area contributed by atoms with E-state index >= 15 is 0 Å². The molecule has 1 aliphatic rings. The van der Waals surface area contributed by atoms with Crippen LogP contribution in [0.5, 0.6) is 0 Å². The quantitative estimate of drug-likeness (QED) is 0.794. The molecule has 2 heterocycles. The highest BCUT2D eigenvalue weighted by molar-refractivity contribution is 7.99. The van der Waals surface area contributed by atoms with E-state index in [1.165, 1.54) is 18.1 Å². The molecule has 18 heavy (non-hydrogen) atoms. The third kappa shape index (κ3) is 2.97. The van der Waals surface area contributed by atoms with Gasteiger partial charge in [-0.2, -0.15) is 8.75 Å². The molecular weight excluding hydrogens is 264 g/mol. The standard InChI is InChI=1S/C12H22N4S2/c1-5-6-17-12-11(13-18-14-12)16-7-9(2)15(4)10(3)8-16/h9-10H,5-8H2,1-4H3. The van der Waals surface area contributed by atoms with Crippen LogP contribution >= 0.6 is 23.5 Å².